The molecule has 0 saturated heterocycles. The summed E-state index contributed by atoms with van der Waals surface area (Å²) in [6, 6.07) is 14.4. The van der Waals surface area contributed by atoms with E-state index < -0.39 is 0 Å². The van der Waals surface area contributed by atoms with E-state index in [2.05, 4.69) is 55.2 Å². The van der Waals surface area contributed by atoms with Crippen LogP contribution in [0.15, 0.2) is 59.0 Å². The summed E-state index contributed by atoms with van der Waals surface area (Å²) in [6.45, 7) is 1.46. The maximum absolute atomic E-state index is 4.42. The van der Waals surface area contributed by atoms with Gasteiger partial charge in [0.2, 0.25) is 0 Å². The van der Waals surface area contributed by atoms with E-state index in [9.17, 15) is 0 Å². The summed E-state index contributed by atoms with van der Waals surface area (Å²) < 4.78 is 0. The predicted molar refractivity (Wildman–Crippen MR) is 116 cm³/mol. The van der Waals surface area contributed by atoms with Crippen LogP contribution < -0.4 is 10.6 Å². The molecule has 0 amide bonds. The fourth-order valence-electron chi connectivity index (χ4n) is 2.36. The molecule has 3 aromatic rings. The largest absolute Gasteiger partial charge is 0.356 e. The second-order valence-electron chi connectivity index (χ2n) is 5.29. The highest BCUT2D eigenvalue weighted by Gasteiger charge is 2.04. The summed E-state index contributed by atoms with van der Waals surface area (Å²) in [5.74, 6) is 1.67. The first kappa shape index (κ1) is 19.5. The third kappa shape index (κ3) is 5.86. The van der Waals surface area contributed by atoms with Crippen LogP contribution in [0.2, 0.25) is 0 Å². The van der Waals surface area contributed by atoms with Crippen LogP contribution in [0.4, 0.5) is 0 Å². The molecule has 0 atom stereocenters. The first-order valence-electron chi connectivity index (χ1n) is 7.91. The Morgan fingerprint density at radius 1 is 1.16 bits per heavy atom. The lowest BCUT2D eigenvalue weighted by Gasteiger charge is -2.10. The molecule has 132 valence electrons. The Kier molecular flexibility index (Phi) is 7.93. The SMILES string of the molecule is CN=C(NCCc1cccs1)NCc1ncc(-c2ccccc2)[nH]1.I. The van der Waals surface area contributed by atoms with Crippen molar-refractivity contribution < 1.29 is 0 Å². The van der Waals surface area contributed by atoms with Gasteiger partial charge < -0.3 is 15.6 Å². The van der Waals surface area contributed by atoms with Crippen molar-refractivity contribution >= 4 is 41.3 Å². The molecule has 0 aliphatic carbocycles. The predicted octanol–water partition coefficient (Wildman–Crippen LogP) is 3.66. The molecule has 0 aliphatic heterocycles. The standard InChI is InChI=1S/C18H21N5S.HI/c1-19-18(20-10-9-15-8-5-11-24-15)22-13-17-21-12-16(23-17)14-6-3-2-4-7-14;/h2-8,11-12H,9-10,13H2,1H3,(H,21,23)(H2,19,20,22);1H. The van der Waals surface area contributed by atoms with Crippen molar-refractivity contribution in [1.29, 1.82) is 0 Å². The zero-order valence-corrected chi connectivity index (χ0v) is 17.2. The van der Waals surface area contributed by atoms with Gasteiger partial charge in [-0.05, 0) is 23.4 Å². The van der Waals surface area contributed by atoms with Crippen LogP contribution in [0.5, 0.6) is 0 Å². The van der Waals surface area contributed by atoms with Gasteiger partial charge >= 0.3 is 0 Å². The average Bonchev–Trinajstić information content (AvgIpc) is 3.30. The Bertz CT molecular complexity index is 768. The average molecular weight is 467 g/mol. The van der Waals surface area contributed by atoms with Crippen LogP contribution in [0, 0.1) is 0 Å². The van der Waals surface area contributed by atoms with E-state index in [1.54, 1.807) is 18.4 Å². The van der Waals surface area contributed by atoms with E-state index in [-0.39, 0.29) is 24.0 Å². The van der Waals surface area contributed by atoms with Crippen molar-refractivity contribution in [1.82, 2.24) is 20.6 Å². The molecular formula is C18H22IN5S. The molecule has 0 unspecified atom stereocenters. The molecule has 2 aromatic heterocycles. The fraction of sp³-hybridized carbons (Fsp3) is 0.222. The molecule has 2 heterocycles. The van der Waals surface area contributed by atoms with Crippen LogP contribution in [-0.4, -0.2) is 29.5 Å². The Hall–Kier alpha value is -1.87. The number of hydrogen-bond acceptors (Lipinski definition) is 3. The van der Waals surface area contributed by atoms with Crippen molar-refractivity contribution in [3.63, 3.8) is 0 Å². The molecule has 0 aliphatic rings. The van der Waals surface area contributed by atoms with Crippen molar-refractivity contribution in [3.05, 3.63) is 64.7 Å². The Morgan fingerprint density at radius 2 is 2.00 bits per heavy atom. The van der Waals surface area contributed by atoms with E-state index in [1.807, 2.05) is 24.4 Å². The number of thiophene rings is 1. The number of nitrogens with one attached hydrogen (secondary N) is 3. The highest BCUT2D eigenvalue weighted by atomic mass is 127. The lowest BCUT2D eigenvalue weighted by atomic mass is 10.2. The summed E-state index contributed by atoms with van der Waals surface area (Å²) in [4.78, 5) is 13.4. The summed E-state index contributed by atoms with van der Waals surface area (Å²) in [7, 11) is 1.78. The minimum atomic E-state index is 0. The summed E-state index contributed by atoms with van der Waals surface area (Å²) in [6.07, 6.45) is 2.86. The molecule has 0 bridgehead atoms. The van der Waals surface area contributed by atoms with E-state index >= 15 is 0 Å². The minimum Gasteiger partial charge on any atom is -0.356 e. The van der Waals surface area contributed by atoms with Gasteiger partial charge in [-0.1, -0.05) is 36.4 Å². The number of imidazole rings is 1. The van der Waals surface area contributed by atoms with Gasteiger partial charge in [-0.25, -0.2) is 4.98 Å². The zero-order valence-electron chi connectivity index (χ0n) is 14.0. The molecule has 25 heavy (non-hydrogen) atoms. The van der Waals surface area contributed by atoms with E-state index in [0.29, 0.717) is 6.54 Å². The van der Waals surface area contributed by atoms with Gasteiger partial charge in [-0.2, -0.15) is 0 Å². The number of aromatic amines is 1. The quantitative estimate of drug-likeness (QED) is 0.295. The normalized spacial score (nSPS) is 11.0. The van der Waals surface area contributed by atoms with E-state index in [1.165, 1.54) is 4.88 Å². The van der Waals surface area contributed by atoms with Gasteiger partial charge in [-0.3, -0.25) is 4.99 Å². The van der Waals surface area contributed by atoms with Gasteiger partial charge in [0.25, 0.3) is 0 Å². The van der Waals surface area contributed by atoms with Gasteiger partial charge in [0.15, 0.2) is 5.96 Å². The van der Waals surface area contributed by atoms with Crippen molar-refractivity contribution in [2.24, 2.45) is 4.99 Å². The minimum absolute atomic E-state index is 0. The molecule has 0 fully saturated rings. The highest BCUT2D eigenvalue weighted by Crippen LogP contribution is 2.15. The molecule has 3 N–H and O–H groups in total. The number of guanidine groups is 1. The third-order valence-corrected chi connectivity index (χ3v) is 4.54. The van der Waals surface area contributed by atoms with Crippen LogP contribution in [0.1, 0.15) is 10.7 Å². The number of nitrogens with zero attached hydrogens (tertiary/aromatic N) is 2. The molecule has 7 heteroatoms. The molecule has 5 nitrogen and oxygen atoms in total. The van der Waals surface area contributed by atoms with Crippen molar-refractivity contribution in [3.8, 4) is 11.3 Å². The zero-order chi connectivity index (χ0) is 16.6. The Balaban J connectivity index is 0.00000225. The Morgan fingerprint density at radius 3 is 2.72 bits per heavy atom. The van der Waals surface area contributed by atoms with E-state index in [4.69, 9.17) is 0 Å². The second-order valence-corrected chi connectivity index (χ2v) is 6.32. The lowest BCUT2D eigenvalue weighted by Crippen LogP contribution is -2.38. The number of benzene rings is 1. The van der Waals surface area contributed by atoms with Crippen molar-refractivity contribution in [2.45, 2.75) is 13.0 Å². The third-order valence-electron chi connectivity index (χ3n) is 3.60. The number of H-pyrrole nitrogens is 1. The smallest absolute Gasteiger partial charge is 0.191 e. The number of aromatic nitrogens is 2. The summed E-state index contributed by atoms with van der Waals surface area (Å²) >= 11 is 1.78. The van der Waals surface area contributed by atoms with E-state index in [0.717, 1.165) is 36.0 Å². The van der Waals surface area contributed by atoms with Crippen LogP contribution in [-0.2, 0) is 13.0 Å². The maximum atomic E-state index is 4.42. The highest BCUT2D eigenvalue weighted by molar-refractivity contribution is 14.0. The van der Waals surface area contributed by atoms with Crippen molar-refractivity contribution in [2.75, 3.05) is 13.6 Å². The second kappa shape index (κ2) is 10.2. The number of aliphatic imine (C=N–C) groups is 1. The Labute approximate surface area is 169 Å². The molecule has 1 aromatic carbocycles. The maximum Gasteiger partial charge on any atom is 0.191 e. The summed E-state index contributed by atoms with van der Waals surface area (Å²) in [5, 5.41) is 8.70. The van der Waals surface area contributed by atoms with Gasteiger partial charge in [-0.15, -0.1) is 35.3 Å². The van der Waals surface area contributed by atoms with Crippen LogP contribution in [0.25, 0.3) is 11.3 Å². The lowest BCUT2D eigenvalue weighted by molar-refractivity contribution is 0.776. The first-order chi connectivity index (χ1) is 11.8. The molecule has 0 spiro atoms. The molecular weight excluding hydrogens is 445 g/mol. The number of halogens is 1. The fourth-order valence-corrected chi connectivity index (χ4v) is 3.07. The first-order valence-corrected chi connectivity index (χ1v) is 8.79. The van der Waals surface area contributed by atoms with Gasteiger partial charge in [0.1, 0.15) is 5.82 Å². The molecule has 0 saturated carbocycles. The topological polar surface area (TPSA) is 65.1 Å². The molecule has 0 radical (unpaired) electrons. The van der Waals surface area contributed by atoms with Gasteiger partial charge in [0, 0.05) is 18.5 Å². The number of rotatable bonds is 6. The van der Waals surface area contributed by atoms with Gasteiger partial charge in [0.05, 0.1) is 18.4 Å². The van der Waals surface area contributed by atoms with Crippen LogP contribution >= 0.6 is 35.3 Å². The summed E-state index contributed by atoms with van der Waals surface area (Å²) in [5.41, 5.74) is 2.16. The number of hydrogen-bond donors (Lipinski definition) is 3. The monoisotopic (exact) mass is 467 g/mol. The van der Waals surface area contributed by atoms with Crippen LogP contribution in [0.3, 0.4) is 0 Å². The molecule has 3 rings (SSSR count).